The molecule has 0 aliphatic rings. The van der Waals surface area contributed by atoms with Gasteiger partial charge in [-0.05, 0) is 25.5 Å². The van der Waals surface area contributed by atoms with E-state index in [1.165, 1.54) is 6.42 Å². The van der Waals surface area contributed by atoms with Crippen LogP contribution in [0.4, 0.5) is 0 Å². The molecule has 1 aromatic heterocycles. The van der Waals surface area contributed by atoms with Gasteiger partial charge in [0.15, 0.2) is 5.96 Å². The van der Waals surface area contributed by atoms with E-state index in [4.69, 9.17) is 4.74 Å². The van der Waals surface area contributed by atoms with E-state index in [0.29, 0.717) is 13.2 Å². The average molecular weight is 278 g/mol. The van der Waals surface area contributed by atoms with Crippen LogP contribution < -0.4 is 10.6 Å². The van der Waals surface area contributed by atoms with Crippen molar-refractivity contribution in [2.45, 2.75) is 33.2 Å². The van der Waals surface area contributed by atoms with Crippen molar-refractivity contribution in [1.29, 1.82) is 0 Å². The van der Waals surface area contributed by atoms with Gasteiger partial charge in [0.2, 0.25) is 0 Å². The smallest absolute Gasteiger partial charge is 0.191 e. The van der Waals surface area contributed by atoms with Gasteiger partial charge in [-0.1, -0.05) is 19.4 Å². The number of aromatic nitrogens is 1. The highest BCUT2D eigenvalue weighted by atomic mass is 16.5. The highest BCUT2D eigenvalue weighted by Gasteiger charge is 1.97. The van der Waals surface area contributed by atoms with Gasteiger partial charge in [0.25, 0.3) is 0 Å². The lowest BCUT2D eigenvalue weighted by Crippen LogP contribution is -2.39. The number of nitrogens with zero attached hydrogens (tertiary/aromatic N) is 2. The number of hydrogen-bond donors (Lipinski definition) is 2. The van der Waals surface area contributed by atoms with Gasteiger partial charge in [-0.2, -0.15) is 0 Å². The van der Waals surface area contributed by atoms with Gasteiger partial charge >= 0.3 is 0 Å². The average Bonchev–Trinajstić information content (AvgIpc) is 2.49. The molecule has 0 atom stereocenters. The number of aliphatic imine (C=N–C) groups is 1. The monoisotopic (exact) mass is 278 g/mol. The summed E-state index contributed by atoms with van der Waals surface area (Å²) in [6, 6.07) is 5.85. The van der Waals surface area contributed by atoms with Crippen molar-refractivity contribution in [3.63, 3.8) is 0 Å². The van der Waals surface area contributed by atoms with E-state index < -0.39 is 0 Å². The maximum Gasteiger partial charge on any atom is 0.191 e. The predicted octanol–water partition coefficient (Wildman–Crippen LogP) is 1.95. The number of guanidine groups is 1. The maximum absolute atomic E-state index is 5.51. The first-order chi connectivity index (χ1) is 9.86. The van der Waals surface area contributed by atoms with Gasteiger partial charge in [-0.15, -0.1) is 0 Å². The van der Waals surface area contributed by atoms with Crippen molar-refractivity contribution in [2.24, 2.45) is 4.99 Å². The van der Waals surface area contributed by atoms with Crippen LogP contribution in [0.15, 0.2) is 29.4 Å². The van der Waals surface area contributed by atoms with Gasteiger partial charge in [0.1, 0.15) is 0 Å². The first-order valence-electron chi connectivity index (χ1n) is 7.36. The minimum Gasteiger partial charge on any atom is -0.380 e. The van der Waals surface area contributed by atoms with Crippen LogP contribution in [0.3, 0.4) is 0 Å². The molecule has 0 aromatic carbocycles. The summed E-state index contributed by atoms with van der Waals surface area (Å²) in [5, 5.41) is 6.46. The molecule has 0 spiro atoms. The van der Waals surface area contributed by atoms with Crippen molar-refractivity contribution in [3.05, 3.63) is 30.1 Å². The molecule has 0 unspecified atom stereocenters. The minimum absolute atomic E-state index is 0.576. The SMILES string of the molecule is CCCCOCCNC(=NCc1ccccn1)NCC. The Morgan fingerprint density at radius 1 is 1.25 bits per heavy atom. The summed E-state index contributed by atoms with van der Waals surface area (Å²) in [6.45, 7) is 7.92. The molecule has 0 aliphatic carbocycles. The Bertz CT molecular complexity index is 367. The molecule has 20 heavy (non-hydrogen) atoms. The Morgan fingerprint density at radius 2 is 2.15 bits per heavy atom. The molecule has 1 aromatic rings. The topological polar surface area (TPSA) is 58.5 Å². The summed E-state index contributed by atoms with van der Waals surface area (Å²) in [4.78, 5) is 8.75. The molecule has 0 saturated carbocycles. The van der Waals surface area contributed by atoms with Crippen LogP contribution in [0, 0.1) is 0 Å². The van der Waals surface area contributed by atoms with Crippen LogP contribution in [0.5, 0.6) is 0 Å². The van der Waals surface area contributed by atoms with Gasteiger partial charge < -0.3 is 15.4 Å². The van der Waals surface area contributed by atoms with E-state index in [2.05, 4.69) is 34.5 Å². The Morgan fingerprint density at radius 3 is 2.85 bits per heavy atom. The Balaban J connectivity index is 2.28. The number of unbranched alkanes of at least 4 members (excludes halogenated alkanes) is 1. The van der Waals surface area contributed by atoms with Gasteiger partial charge in [-0.25, -0.2) is 4.99 Å². The third kappa shape index (κ3) is 7.74. The van der Waals surface area contributed by atoms with Crippen molar-refractivity contribution < 1.29 is 4.74 Å². The van der Waals surface area contributed by atoms with E-state index in [9.17, 15) is 0 Å². The zero-order valence-corrected chi connectivity index (χ0v) is 12.6. The second-order valence-electron chi connectivity index (χ2n) is 4.41. The molecule has 5 heteroatoms. The Labute approximate surface area is 121 Å². The molecule has 1 heterocycles. The molecular formula is C15H26N4O. The summed E-state index contributed by atoms with van der Waals surface area (Å²) in [6.07, 6.45) is 4.07. The summed E-state index contributed by atoms with van der Waals surface area (Å²) >= 11 is 0. The maximum atomic E-state index is 5.51. The third-order valence-electron chi connectivity index (χ3n) is 2.65. The van der Waals surface area contributed by atoms with Crippen molar-refractivity contribution >= 4 is 5.96 Å². The van der Waals surface area contributed by atoms with Crippen molar-refractivity contribution in [3.8, 4) is 0 Å². The lowest BCUT2D eigenvalue weighted by molar-refractivity contribution is 0.136. The highest BCUT2D eigenvalue weighted by molar-refractivity contribution is 5.79. The number of pyridine rings is 1. The normalized spacial score (nSPS) is 11.4. The van der Waals surface area contributed by atoms with E-state index in [-0.39, 0.29) is 0 Å². The van der Waals surface area contributed by atoms with E-state index in [0.717, 1.165) is 37.8 Å². The molecule has 0 radical (unpaired) electrons. The summed E-state index contributed by atoms with van der Waals surface area (Å²) in [5.74, 6) is 0.803. The molecule has 0 saturated heterocycles. The first-order valence-corrected chi connectivity index (χ1v) is 7.36. The molecule has 5 nitrogen and oxygen atoms in total. The van der Waals surface area contributed by atoms with Crippen molar-refractivity contribution in [2.75, 3.05) is 26.3 Å². The lowest BCUT2D eigenvalue weighted by atomic mass is 10.3. The van der Waals surface area contributed by atoms with Gasteiger partial charge in [-0.3, -0.25) is 4.98 Å². The predicted molar refractivity (Wildman–Crippen MR) is 82.8 cm³/mol. The number of rotatable bonds is 9. The fourth-order valence-electron chi connectivity index (χ4n) is 1.58. The van der Waals surface area contributed by atoms with Crippen LogP contribution in [-0.2, 0) is 11.3 Å². The first kappa shape index (κ1) is 16.4. The molecule has 112 valence electrons. The van der Waals surface area contributed by atoms with Gasteiger partial charge in [0, 0.05) is 25.9 Å². The standard InChI is InChI=1S/C15H26N4O/c1-3-5-11-20-12-10-18-15(16-4-2)19-13-14-8-6-7-9-17-14/h6-9H,3-5,10-13H2,1-2H3,(H2,16,18,19). The fraction of sp³-hybridized carbons (Fsp3) is 0.600. The lowest BCUT2D eigenvalue weighted by Gasteiger charge is -2.11. The second-order valence-corrected chi connectivity index (χ2v) is 4.41. The molecule has 0 bridgehead atoms. The highest BCUT2D eigenvalue weighted by Crippen LogP contribution is 1.95. The van der Waals surface area contributed by atoms with Crippen LogP contribution >= 0.6 is 0 Å². The van der Waals surface area contributed by atoms with Crippen LogP contribution in [0.25, 0.3) is 0 Å². The van der Waals surface area contributed by atoms with E-state index >= 15 is 0 Å². The molecule has 0 fully saturated rings. The van der Waals surface area contributed by atoms with Gasteiger partial charge in [0.05, 0.1) is 18.8 Å². The summed E-state index contributed by atoms with van der Waals surface area (Å²) in [5.41, 5.74) is 0.962. The quantitative estimate of drug-likeness (QED) is 0.412. The largest absolute Gasteiger partial charge is 0.380 e. The second kappa shape index (κ2) is 11.2. The Kier molecular flexibility index (Phi) is 9.23. The molecule has 0 amide bonds. The molecule has 1 rings (SSSR count). The molecular weight excluding hydrogens is 252 g/mol. The third-order valence-corrected chi connectivity index (χ3v) is 2.65. The zero-order valence-electron chi connectivity index (χ0n) is 12.6. The molecule has 0 aliphatic heterocycles. The molecule has 2 N–H and O–H groups in total. The zero-order chi connectivity index (χ0) is 14.5. The van der Waals surface area contributed by atoms with Crippen LogP contribution in [-0.4, -0.2) is 37.2 Å². The van der Waals surface area contributed by atoms with Crippen LogP contribution in [0.2, 0.25) is 0 Å². The minimum atomic E-state index is 0.576. The number of ether oxygens (including phenoxy) is 1. The number of hydrogen-bond acceptors (Lipinski definition) is 3. The van der Waals surface area contributed by atoms with Crippen molar-refractivity contribution in [1.82, 2.24) is 15.6 Å². The summed E-state index contributed by atoms with van der Waals surface area (Å²) < 4.78 is 5.51. The fourth-order valence-corrected chi connectivity index (χ4v) is 1.58. The Hall–Kier alpha value is -1.62. The number of nitrogens with one attached hydrogen (secondary N) is 2. The van der Waals surface area contributed by atoms with Crippen LogP contribution in [0.1, 0.15) is 32.4 Å². The van der Waals surface area contributed by atoms with E-state index in [1.807, 2.05) is 18.2 Å². The van der Waals surface area contributed by atoms with E-state index in [1.54, 1.807) is 6.20 Å². The summed E-state index contributed by atoms with van der Waals surface area (Å²) in [7, 11) is 0.